The van der Waals surface area contributed by atoms with Crippen molar-refractivity contribution < 1.29 is 14.2 Å². The topological polar surface area (TPSA) is 100 Å². The van der Waals surface area contributed by atoms with E-state index < -0.39 is 7.12 Å². The van der Waals surface area contributed by atoms with Crippen LogP contribution in [0.15, 0.2) is 57.0 Å². The van der Waals surface area contributed by atoms with E-state index in [2.05, 4.69) is 26.4 Å². The SMILES string of the molecule is Cc1cc([C@H](C)Nc2cccnc2-c2cc(Cl)c3c(c2)C=NOB3O)c2oc(N3CCCCC3)c(C)c(=O)c2c1. The number of piperidine rings is 1. The van der Waals surface area contributed by atoms with Crippen LogP contribution in [0.4, 0.5) is 11.6 Å². The van der Waals surface area contributed by atoms with Crippen LogP contribution in [0.5, 0.6) is 0 Å². The fraction of sp³-hybridized carbons (Fsp3) is 0.300. The molecule has 1 fully saturated rings. The number of rotatable bonds is 5. The summed E-state index contributed by atoms with van der Waals surface area (Å²) in [7, 11) is -1.22. The molecule has 0 bridgehead atoms. The Labute approximate surface area is 237 Å². The Bertz CT molecular complexity index is 1700. The van der Waals surface area contributed by atoms with Crippen molar-refractivity contribution in [3.8, 4) is 11.3 Å². The second kappa shape index (κ2) is 10.6. The molecular formula is C30H30BClN4O4. The zero-order valence-corrected chi connectivity index (χ0v) is 23.5. The first-order chi connectivity index (χ1) is 19.3. The summed E-state index contributed by atoms with van der Waals surface area (Å²) < 4.78 is 11.5. The van der Waals surface area contributed by atoms with E-state index in [0.717, 1.165) is 48.3 Å². The van der Waals surface area contributed by atoms with Crippen LogP contribution >= 0.6 is 11.6 Å². The molecule has 0 aliphatic carbocycles. The molecule has 0 spiro atoms. The van der Waals surface area contributed by atoms with Crippen molar-refractivity contribution in [2.45, 2.75) is 46.1 Å². The van der Waals surface area contributed by atoms with Gasteiger partial charge in [-0.05, 0) is 81.5 Å². The van der Waals surface area contributed by atoms with Gasteiger partial charge in [0.2, 0.25) is 5.88 Å². The van der Waals surface area contributed by atoms with Gasteiger partial charge < -0.3 is 24.4 Å². The Kier molecular flexibility index (Phi) is 7.02. The summed E-state index contributed by atoms with van der Waals surface area (Å²) >= 11 is 6.54. The number of hydrogen-bond donors (Lipinski definition) is 2. The second-order valence-corrected chi connectivity index (χ2v) is 11.0. The summed E-state index contributed by atoms with van der Waals surface area (Å²) in [6.07, 6.45) is 6.63. The van der Waals surface area contributed by atoms with Crippen molar-refractivity contribution in [1.82, 2.24) is 4.98 Å². The van der Waals surface area contributed by atoms with Crippen LogP contribution in [0, 0.1) is 13.8 Å². The molecule has 0 saturated carbocycles. The molecule has 2 aliphatic heterocycles. The summed E-state index contributed by atoms with van der Waals surface area (Å²) in [6.45, 7) is 7.68. The van der Waals surface area contributed by atoms with Crippen molar-refractivity contribution in [2.75, 3.05) is 23.3 Å². The lowest BCUT2D eigenvalue weighted by molar-refractivity contribution is 0.286. The quantitative estimate of drug-likeness (QED) is 0.320. The first kappa shape index (κ1) is 26.4. The number of aryl methyl sites for hydroxylation is 1. The van der Waals surface area contributed by atoms with Gasteiger partial charge in [0.05, 0.1) is 34.6 Å². The fourth-order valence-electron chi connectivity index (χ4n) is 5.68. The molecule has 2 aromatic carbocycles. The number of pyridine rings is 1. The molecule has 204 valence electrons. The van der Waals surface area contributed by atoms with E-state index in [1.807, 2.05) is 45.0 Å². The minimum Gasteiger partial charge on any atom is -0.440 e. The average Bonchev–Trinajstić information content (AvgIpc) is 2.95. The lowest BCUT2D eigenvalue weighted by atomic mass is 9.75. The van der Waals surface area contributed by atoms with Crippen LogP contribution in [0.2, 0.25) is 5.02 Å². The van der Waals surface area contributed by atoms with Crippen molar-refractivity contribution in [2.24, 2.45) is 5.16 Å². The number of anilines is 2. The highest BCUT2D eigenvalue weighted by atomic mass is 35.5. The van der Waals surface area contributed by atoms with E-state index in [0.29, 0.717) is 44.2 Å². The molecule has 6 rings (SSSR count). The first-order valence-electron chi connectivity index (χ1n) is 13.6. The Balaban J connectivity index is 1.41. The Morgan fingerprint density at radius 3 is 2.75 bits per heavy atom. The molecule has 1 saturated heterocycles. The van der Waals surface area contributed by atoms with Crippen molar-refractivity contribution in [1.29, 1.82) is 0 Å². The number of nitrogens with one attached hydrogen (secondary N) is 1. The summed E-state index contributed by atoms with van der Waals surface area (Å²) in [5.74, 6) is 0.674. The first-order valence-corrected chi connectivity index (χ1v) is 13.9. The second-order valence-electron chi connectivity index (χ2n) is 10.6. The summed E-state index contributed by atoms with van der Waals surface area (Å²) in [5, 5.41) is 18.5. The van der Waals surface area contributed by atoms with E-state index in [4.69, 9.17) is 20.8 Å². The maximum Gasteiger partial charge on any atom is 0.585 e. The summed E-state index contributed by atoms with van der Waals surface area (Å²) in [6, 6.07) is 11.2. The third-order valence-electron chi connectivity index (χ3n) is 7.69. The van der Waals surface area contributed by atoms with E-state index in [-0.39, 0.29) is 11.5 Å². The highest BCUT2D eigenvalue weighted by molar-refractivity contribution is 6.65. The number of hydrogen-bond acceptors (Lipinski definition) is 8. The molecule has 40 heavy (non-hydrogen) atoms. The maximum atomic E-state index is 13.5. The van der Waals surface area contributed by atoms with Gasteiger partial charge >= 0.3 is 7.12 Å². The molecule has 10 heteroatoms. The molecule has 0 unspecified atom stereocenters. The highest BCUT2D eigenvalue weighted by Gasteiger charge is 2.29. The van der Waals surface area contributed by atoms with Gasteiger partial charge in [-0.3, -0.25) is 9.78 Å². The number of benzene rings is 2. The van der Waals surface area contributed by atoms with E-state index in [1.54, 1.807) is 12.3 Å². The molecule has 2 N–H and O–H groups in total. The minimum absolute atomic E-state index is 0.0116. The van der Waals surface area contributed by atoms with Crippen LogP contribution in [-0.4, -0.2) is 36.4 Å². The predicted molar refractivity (Wildman–Crippen MR) is 161 cm³/mol. The lowest BCUT2D eigenvalue weighted by Gasteiger charge is -2.29. The van der Waals surface area contributed by atoms with Gasteiger partial charge in [-0.25, -0.2) is 0 Å². The number of nitrogens with zero attached hydrogens (tertiary/aromatic N) is 3. The van der Waals surface area contributed by atoms with Crippen LogP contribution in [0.25, 0.3) is 22.2 Å². The molecule has 8 nitrogen and oxygen atoms in total. The van der Waals surface area contributed by atoms with Gasteiger partial charge in [-0.2, -0.15) is 0 Å². The molecule has 4 aromatic rings. The molecule has 0 radical (unpaired) electrons. The van der Waals surface area contributed by atoms with E-state index in [9.17, 15) is 9.82 Å². The molecule has 0 amide bonds. The third-order valence-corrected chi connectivity index (χ3v) is 8.00. The Morgan fingerprint density at radius 2 is 1.95 bits per heavy atom. The average molecular weight is 557 g/mol. The van der Waals surface area contributed by atoms with Gasteiger partial charge in [0.25, 0.3) is 0 Å². The van der Waals surface area contributed by atoms with Crippen LogP contribution in [0.3, 0.4) is 0 Å². The largest absolute Gasteiger partial charge is 0.585 e. The molecule has 1 atom stereocenters. The Hall–Kier alpha value is -3.82. The smallest absolute Gasteiger partial charge is 0.440 e. The summed E-state index contributed by atoms with van der Waals surface area (Å²) in [5.41, 5.74) is 6.54. The van der Waals surface area contributed by atoms with Gasteiger partial charge in [-0.1, -0.05) is 17.7 Å². The zero-order chi connectivity index (χ0) is 28.0. The number of aromatic nitrogens is 1. The predicted octanol–water partition coefficient (Wildman–Crippen LogP) is 5.34. The fourth-order valence-corrected chi connectivity index (χ4v) is 6.00. The minimum atomic E-state index is -1.22. The van der Waals surface area contributed by atoms with Crippen molar-refractivity contribution >= 4 is 52.9 Å². The maximum absolute atomic E-state index is 13.5. The van der Waals surface area contributed by atoms with Crippen LogP contribution < -0.4 is 21.1 Å². The van der Waals surface area contributed by atoms with Crippen LogP contribution in [-0.2, 0) is 4.76 Å². The van der Waals surface area contributed by atoms with Gasteiger partial charge in [-0.15, -0.1) is 5.16 Å². The monoisotopic (exact) mass is 556 g/mol. The van der Waals surface area contributed by atoms with Gasteiger partial charge in [0, 0.05) is 40.9 Å². The van der Waals surface area contributed by atoms with Gasteiger partial charge in [0.15, 0.2) is 5.43 Å². The van der Waals surface area contributed by atoms with Crippen molar-refractivity contribution in [3.05, 3.63) is 80.1 Å². The Morgan fingerprint density at radius 1 is 1.15 bits per heavy atom. The summed E-state index contributed by atoms with van der Waals surface area (Å²) in [4.78, 5) is 20.4. The normalized spacial score (nSPS) is 15.6. The third kappa shape index (κ3) is 4.73. The standard InChI is InChI=1S/C30H30BClN4O4/c1-17-12-22(29-23(13-17)28(37)18(2)30(39-29)36-10-5-4-6-11-36)19(3)35-25-8-7-9-33-27(25)20-14-21-16-34-40-31(38)26(21)24(32)15-20/h7-9,12-16,19,35,38H,4-6,10-11H2,1-3H3/t19-/m0/s1. The number of oxime groups is 1. The molecule has 4 heterocycles. The van der Waals surface area contributed by atoms with E-state index >= 15 is 0 Å². The van der Waals surface area contributed by atoms with Crippen LogP contribution in [0.1, 0.15) is 54.5 Å². The zero-order valence-electron chi connectivity index (χ0n) is 22.7. The molecular weight excluding hydrogens is 527 g/mol. The number of halogens is 1. The van der Waals surface area contributed by atoms with Gasteiger partial charge in [0.1, 0.15) is 5.58 Å². The van der Waals surface area contributed by atoms with E-state index in [1.165, 1.54) is 12.6 Å². The van der Waals surface area contributed by atoms with Crippen molar-refractivity contribution in [3.63, 3.8) is 0 Å². The number of fused-ring (bicyclic) bond motifs is 2. The lowest BCUT2D eigenvalue weighted by Crippen LogP contribution is -2.38. The highest BCUT2D eigenvalue weighted by Crippen LogP contribution is 2.35. The molecule has 2 aliphatic rings. The molecule has 2 aromatic heterocycles.